The van der Waals surface area contributed by atoms with Crippen LogP contribution < -0.4 is 9.80 Å². The van der Waals surface area contributed by atoms with Gasteiger partial charge in [-0.15, -0.1) is 0 Å². The molecule has 0 fully saturated rings. The minimum absolute atomic E-state index is 0.355. The molecule has 2 heterocycles. The number of anilines is 2. The summed E-state index contributed by atoms with van der Waals surface area (Å²) >= 11 is 1.12. The summed E-state index contributed by atoms with van der Waals surface area (Å²) in [5.41, 5.74) is 7.38. The quantitative estimate of drug-likeness (QED) is 0.189. The van der Waals surface area contributed by atoms with E-state index in [1.807, 2.05) is 123 Å². The number of aliphatic hydroxyl groups is 1. The van der Waals surface area contributed by atoms with E-state index in [-0.39, 0.29) is 0 Å². The SMILES string of the molecule is CN(C)c1ccc(C=O)cc1.CN(C)c1ccc(CC2=C(c3ccc4nsnc4c3)C(=O)OC2(O)c2ccccc2)cc1. The highest BCUT2D eigenvalue weighted by molar-refractivity contribution is 7.00. The molecule has 1 aromatic heterocycles. The van der Waals surface area contributed by atoms with Crippen molar-refractivity contribution in [3.8, 4) is 0 Å². The number of benzene rings is 4. The minimum Gasteiger partial charge on any atom is -0.421 e. The molecule has 0 amide bonds. The van der Waals surface area contributed by atoms with Gasteiger partial charge in [0.2, 0.25) is 0 Å². The Kier molecular flexibility index (Phi) is 8.66. The normalized spacial score (nSPS) is 16.0. The van der Waals surface area contributed by atoms with Gasteiger partial charge in [0.05, 0.1) is 17.3 Å². The molecule has 4 aromatic carbocycles. The fourth-order valence-electron chi connectivity index (χ4n) is 4.84. The number of carbonyl (C=O) groups excluding carboxylic acids is 2. The Balaban J connectivity index is 0.000000283. The lowest BCUT2D eigenvalue weighted by Gasteiger charge is -2.25. The van der Waals surface area contributed by atoms with Crippen LogP contribution in [0.3, 0.4) is 0 Å². The van der Waals surface area contributed by atoms with Crippen molar-refractivity contribution in [2.45, 2.75) is 12.2 Å². The summed E-state index contributed by atoms with van der Waals surface area (Å²) in [7, 11) is 7.90. The van der Waals surface area contributed by atoms with E-state index in [0.717, 1.165) is 46.0 Å². The first kappa shape index (κ1) is 29.6. The Bertz CT molecular complexity index is 1760. The Labute approximate surface area is 254 Å². The lowest BCUT2D eigenvalue weighted by molar-refractivity contribution is -0.185. The predicted molar refractivity (Wildman–Crippen MR) is 171 cm³/mol. The average Bonchev–Trinajstić information content (AvgIpc) is 3.59. The third kappa shape index (κ3) is 6.33. The smallest absolute Gasteiger partial charge is 0.342 e. The summed E-state index contributed by atoms with van der Waals surface area (Å²) < 4.78 is 14.2. The molecule has 1 aliphatic heterocycles. The van der Waals surface area contributed by atoms with Crippen LogP contribution in [0.25, 0.3) is 16.6 Å². The Morgan fingerprint density at radius 3 is 2.02 bits per heavy atom. The average molecular weight is 593 g/mol. The second-order valence-electron chi connectivity index (χ2n) is 10.6. The van der Waals surface area contributed by atoms with Crippen molar-refractivity contribution in [1.29, 1.82) is 0 Å². The first-order valence-corrected chi connectivity index (χ1v) is 14.4. The van der Waals surface area contributed by atoms with E-state index in [1.54, 1.807) is 12.1 Å². The van der Waals surface area contributed by atoms with Crippen molar-refractivity contribution < 1.29 is 19.4 Å². The van der Waals surface area contributed by atoms with Gasteiger partial charge in [0.15, 0.2) is 0 Å². The van der Waals surface area contributed by atoms with E-state index < -0.39 is 11.8 Å². The molecule has 0 saturated carbocycles. The highest BCUT2D eigenvalue weighted by atomic mass is 32.1. The zero-order chi connectivity index (χ0) is 30.6. The molecule has 1 atom stereocenters. The largest absolute Gasteiger partial charge is 0.421 e. The molecule has 0 spiro atoms. The molecule has 1 N–H and O–H groups in total. The molecule has 1 aliphatic rings. The molecule has 6 rings (SSSR count). The maximum Gasteiger partial charge on any atom is 0.342 e. The maximum atomic E-state index is 13.1. The molecular weight excluding hydrogens is 560 g/mol. The standard InChI is InChI=1S/C25H21N3O3S.C9H11NO/c1-28(2)19-11-8-16(9-12-19)14-20-23(17-10-13-21-22(15-17)27-32-26-21)24(29)31-25(20,30)18-6-4-3-5-7-18;1-10(2)9-5-3-8(7-11)4-6-9/h3-13,15,30H,14H2,1-2H3;3-7H,1-2H3. The van der Waals surface area contributed by atoms with Gasteiger partial charge in [-0.2, -0.15) is 8.75 Å². The van der Waals surface area contributed by atoms with Crippen LogP contribution in [0.5, 0.6) is 0 Å². The van der Waals surface area contributed by atoms with Crippen LogP contribution in [0.2, 0.25) is 0 Å². The highest BCUT2D eigenvalue weighted by Crippen LogP contribution is 2.45. The minimum atomic E-state index is -1.84. The molecule has 5 aromatic rings. The molecule has 8 nitrogen and oxygen atoms in total. The maximum absolute atomic E-state index is 13.1. The number of ether oxygens (including phenoxy) is 1. The number of rotatable bonds is 7. The molecule has 43 heavy (non-hydrogen) atoms. The van der Waals surface area contributed by atoms with Gasteiger partial charge in [-0.25, -0.2) is 4.79 Å². The van der Waals surface area contributed by atoms with Gasteiger partial charge in [0.1, 0.15) is 17.3 Å². The fourth-order valence-corrected chi connectivity index (χ4v) is 5.36. The number of nitrogens with zero attached hydrogens (tertiary/aromatic N) is 4. The van der Waals surface area contributed by atoms with Crippen molar-refractivity contribution in [2.75, 3.05) is 38.0 Å². The third-order valence-electron chi connectivity index (χ3n) is 7.24. The van der Waals surface area contributed by atoms with E-state index in [1.165, 1.54) is 0 Å². The first-order chi connectivity index (χ1) is 20.7. The highest BCUT2D eigenvalue weighted by Gasteiger charge is 2.48. The summed E-state index contributed by atoms with van der Waals surface area (Å²) in [5.74, 6) is -2.40. The van der Waals surface area contributed by atoms with Crippen LogP contribution >= 0.6 is 11.7 Å². The summed E-state index contributed by atoms with van der Waals surface area (Å²) in [6.45, 7) is 0. The van der Waals surface area contributed by atoms with Crippen LogP contribution in [0.1, 0.15) is 27.0 Å². The van der Waals surface area contributed by atoms with Crippen LogP contribution in [-0.2, 0) is 21.7 Å². The van der Waals surface area contributed by atoms with Gasteiger partial charge in [-0.1, -0.05) is 48.5 Å². The van der Waals surface area contributed by atoms with Gasteiger partial charge in [0, 0.05) is 62.7 Å². The number of cyclic esters (lactones) is 1. The second kappa shape index (κ2) is 12.6. The number of hydrogen-bond donors (Lipinski definition) is 1. The Hall–Kier alpha value is -4.86. The number of hydrogen-bond acceptors (Lipinski definition) is 9. The summed E-state index contributed by atoms with van der Waals surface area (Å²) in [4.78, 5) is 27.4. The topological polar surface area (TPSA) is 95.9 Å². The molecular formula is C34H32N4O4S. The molecule has 0 saturated heterocycles. The number of carbonyl (C=O) groups is 2. The van der Waals surface area contributed by atoms with Crippen molar-refractivity contribution >= 4 is 52.0 Å². The van der Waals surface area contributed by atoms with Crippen LogP contribution in [-0.4, -0.2) is 54.3 Å². The summed E-state index contributed by atoms with van der Waals surface area (Å²) in [5, 5.41) is 11.7. The van der Waals surface area contributed by atoms with Gasteiger partial charge < -0.3 is 19.6 Å². The Morgan fingerprint density at radius 1 is 0.814 bits per heavy atom. The molecule has 9 heteroatoms. The lowest BCUT2D eigenvalue weighted by Crippen LogP contribution is -2.29. The van der Waals surface area contributed by atoms with Crippen molar-refractivity contribution in [3.05, 3.63) is 125 Å². The molecule has 0 aliphatic carbocycles. The fraction of sp³-hybridized carbons (Fsp3) is 0.176. The molecule has 0 radical (unpaired) electrons. The van der Waals surface area contributed by atoms with Crippen LogP contribution in [0.4, 0.5) is 11.4 Å². The van der Waals surface area contributed by atoms with Gasteiger partial charge >= 0.3 is 5.97 Å². The number of aromatic nitrogens is 2. The number of esters is 1. The Morgan fingerprint density at radius 2 is 1.42 bits per heavy atom. The molecule has 218 valence electrons. The number of fused-ring (bicyclic) bond motifs is 1. The predicted octanol–water partition coefficient (Wildman–Crippen LogP) is 5.72. The molecule has 1 unspecified atom stereocenters. The van der Waals surface area contributed by atoms with E-state index in [2.05, 4.69) is 8.75 Å². The zero-order valence-corrected chi connectivity index (χ0v) is 25.2. The lowest BCUT2D eigenvalue weighted by atomic mass is 9.88. The summed E-state index contributed by atoms with van der Waals surface area (Å²) in [6.07, 6.45) is 1.20. The van der Waals surface area contributed by atoms with Crippen LogP contribution in [0.15, 0.2) is 103 Å². The first-order valence-electron chi connectivity index (χ1n) is 13.7. The van der Waals surface area contributed by atoms with Crippen molar-refractivity contribution in [1.82, 2.24) is 8.75 Å². The van der Waals surface area contributed by atoms with Gasteiger partial charge in [0.25, 0.3) is 5.79 Å². The van der Waals surface area contributed by atoms with Gasteiger partial charge in [-0.3, -0.25) is 4.79 Å². The summed E-state index contributed by atoms with van der Waals surface area (Å²) in [6, 6.07) is 30.0. The van der Waals surface area contributed by atoms with E-state index in [4.69, 9.17) is 4.74 Å². The third-order valence-corrected chi connectivity index (χ3v) is 7.80. The molecule has 0 bridgehead atoms. The monoisotopic (exact) mass is 592 g/mol. The second-order valence-corrected chi connectivity index (χ2v) is 11.1. The van der Waals surface area contributed by atoms with Crippen LogP contribution in [0, 0.1) is 0 Å². The van der Waals surface area contributed by atoms with E-state index >= 15 is 0 Å². The van der Waals surface area contributed by atoms with Crippen molar-refractivity contribution in [3.63, 3.8) is 0 Å². The van der Waals surface area contributed by atoms with E-state index in [9.17, 15) is 14.7 Å². The van der Waals surface area contributed by atoms with E-state index in [0.29, 0.717) is 34.2 Å². The van der Waals surface area contributed by atoms with Crippen molar-refractivity contribution in [2.24, 2.45) is 0 Å². The number of aldehydes is 1. The van der Waals surface area contributed by atoms with Gasteiger partial charge in [-0.05, 0) is 59.7 Å². The zero-order valence-electron chi connectivity index (χ0n) is 24.4.